The molecular formula is C11H10BrN7S2. The van der Waals surface area contributed by atoms with Crippen LogP contribution >= 0.6 is 39.5 Å². The number of anilines is 1. The summed E-state index contributed by atoms with van der Waals surface area (Å²) in [6.45, 7) is 2.06. The molecule has 0 amide bonds. The van der Waals surface area contributed by atoms with Crippen LogP contribution in [0, 0.1) is 0 Å². The third-order valence-electron chi connectivity index (χ3n) is 2.43. The van der Waals surface area contributed by atoms with E-state index in [-0.39, 0.29) is 5.95 Å². The van der Waals surface area contributed by atoms with Crippen molar-refractivity contribution in [2.75, 3.05) is 11.5 Å². The lowest BCUT2D eigenvalue weighted by Crippen LogP contribution is -1.98. The topological polar surface area (TPSA) is 106 Å². The Labute approximate surface area is 137 Å². The number of rotatable bonds is 4. The number of halogens is 1. The van der Waals surface area contributed by atoms with Gasteiger partial charge in [0.15, 0.2) is 10.8 Å². The maximum absolute atomic E-state index is 5.72. The van der Waals surface area contributed by atoms with Crippen LogP contribution in [0.4, 0.5) is 5.95 Å². The van der Waals surface area contributed by atoms with Crippen LogP contribution in [0.15, 0.2) is 32.2 Å². The Hall–Kier alpha value is -1.39. The smallest absolute Gasteiger partial charge is 0.223 e. The first-order valence-corrected chi connectivity index (χ1v) is 8.56. The van der Waals surface area contributed by atoms with E-state index in [1.54, 1.807) is 24.3 Å². The maximum Gasteiger partial charge on any atom is 0.223 e. The van der Waals surface area contributed by atoms with E-state index < -0.39 is 0 Å². The van der Waals surface area contributed by atoms with E-state index in [4.69, 9.17) is 5.73 Å². The summed E-state index contributed by atoms with van der Waals surface area (Å²) < 4.78 is 0.804. The van der Waals surface area contributed by atoms with Gasteiger partial charge in [-0.15, -0.1) is 0 Å². The van der Waals surface area contributed by atoms with Crippen molar-refractivity contribution >= 4 is 56.6 Å². The Balaban J connectivity index is 2.02. The minimum absolute atomic E-state index is 0.186. The Bertz CT molecular complexity index is 791. The number of hydrogen-bond acceptors (Lipinski definition) is 8. The van der Waals surface area contributed by atoms with Crippen molar-refractivity contribution in [1.82, 2.24) is 29.9 Å². The molecule has 10 heteroatoms. The molecule has 0 aliphatic heterocycles. The lowest BCUT2D eigenvalue weighted by Gasteiger charge is -2.05. The quantitative estimate of drug-likeness (QED) is 0.402. The first kappa shape index (κ1) is 14.5. The van der Waals surface area contributed by atoms with Gasteiger partial charge in [-0.3, -0.25) is 0 Å². The number of aromatic amines is 1. The summed E-state index contributed by atoms with van der Waals surface area (Å²) in [5.74, 6) is 1.10. The molecule has 3 rings (SSSR count). The van der Waals surface area contributed by atoms with Gasteiger partial charge in [-0.2, -0.15) is 4.98 Å². The third kappa shape index (κ3) is 3.11. The highest BCUT2D eigenvalue weighted by atomic mass is 79.9. The summed E-state index contributed by atoms with van der Waals surface area (Å²) in [5.41, 5.74) is 7.00. The van der Waals surface area contributed by atoms with Gasteiger partial charge < -0.3 is 10.7 Å². The lowest BCUT2D eigenvalue weighted by molar-refractivity contribution is 0.877. The zero-order chi connectivity index (χ0) is 14.8. The van der Waals surface area contributed by atoms with E-state index in [9.17, 15) is 0 Å². The Morgan fingerprint density at radius 1 is 1.24 bits per heavy atom. The minimum Gasteiger partial charge on any atom is -0.368 e. The van der Waals surface area contributed by atoms with Gasteiger partial charge in [0, 0.05) is 6.20 Å². The number of hydrogen-bond donors (Lipinski definition) is 2. The number of H-pyrrole nitrogens is 1. The van der Waals surface area contributed by atoms with Crippen molar-refractivity contribution in [1.29, 1.82) is 0 Å². The number of imidazole rings is 1. The third-order valence-corrected chi connectivity index (χ3v) is 5.01. The van der Waals surface area contributed by atoms with Crippen LogP contribution in [0.1, 0.15) is 6.92 Å². The molecule has 3 aromatic rings. The van der Waals surface area contributed by atoms with Crippen molar-refractivity contribution in [3.63, 3.8) is 0 Å². The van der Waals surface area contributed by atoms with Crippen LogP contribution in [0.5, 0.6) is 0 Å². The first-order valence-electron chi connectivity index (χ1n) is 5.97. The molecule has 0 fully saturated rings. The molecule has 0 bridgehead atoms. The Kier molecular flexibility index (Phi) is 4.27. The second-order valence-electron chi connectivity index (χ2n) is 3.83. The predicted molar refractivity (Wildman–Crippen MR) is 86.3 cm³/mol. The van der Waals surface area contributed by atoms with Crippen LogP contribution in [0.2, 0.25) is 0 Å². The van der Waals surface area contributed by atoms with Gasteiger partial charge in [-0.05, 0) is 33.4 Å². The van der Waals surface area contributed by atoms with Crippen LogP contribution in [-0.4, -0.2) is 35.7 Å². The highest BCUT2D eigenvalue weighted by Crippen LogP contribution is 2.34. The zero-order valence-corrected chi connectivity index (χ0v) is 14.1. The molecule has 0 aromatic carbocycles. The summed E-state index contributed by atoms with van der Waals surface area (Å²) in [6, 6.07) is 0. The number of nitrogens with zero attached hydrogens (tertiary/aromatic N) is 5. The number of nitrogens with one attached hydrogen (secondary N) is 1. The SMILES string of the molecule is CCSc1ncc(Br)c(Sc2nc(N)nc3nc[nH]c23)n1. The molecule has 0 atom stereocenters. The standard InChI is InChI=1S/C11H10BrN7S2/c1-2-20-11-14-3-5(12)8(19-11)21-9-6-7(16-4-15-6)17-10(13)18-9/h3-4H,2H2,1H3,(H3,13,15,16,17,18). The summed E-state index contributed by atoms with van der Waals surface area (Å²) in [4.78, 5) is 24.2. The molecule has 0 aliphatic rings. The number of thioether (sulfide) groups is 1. The second-order valence-corrected chi connectivity index (χ2v) is 6.89. The Morgan fingerprint density at radius 3 is 2.90 bits per heavy atom. The molecule has 3 N–H and O–H groups in total. The fourth-order valence-corrected chi connectivity index (χ4v) is 3.48. The van der Waals surface area contributed by atoms with E-state index in [0.29, 0.717) is 10.7 Å². The van der Waals surface area contributed by atoms with Crippen molar-refractivity contribution in [3.8, 4) is 0 Å². The molecule has 0 radical (unpaired) electrons. The van der Waals surface area contributed by atoms with Gasteiger partial charge in [-0.25, -0.2) is 19.9 Å². The minimum atomic E-state index is 0.186. The predicted octanol–water partition coefficient (Wildman–Crippen LogP) is 2.75. The zero-order valence-electron chi connectivity index (χ0n) is 10.9. The van der Waals surface area contributed by atoms with E-state index >= 15 is 0 Å². The van der Waals surface area contributed by atoms with Gasteiger partial charge in [-0.1, -0.05) is 18.7 Å². The van der Waals surface area contributed by atoms with Crippen LogP contribution in [0.3, 0.4) is 0 Å². The van der Waals surface area contributed by atoms with E-state index in [1.807, 2.05) is 0 Å². The monoisotopic (exact) mass is 383 g/mol. The summed E-state index contributed by atoms with van der Waals surface area (Å²) in [7, 11) is 0. The number of nitrogen functional groups attached to an aromatic ring is 1. The largest absolute Gasteiger partial charge is 0.368 e. The molecule has 3 heterocycles. The fraction of sp³-hybridized carbons (Fsp3) is 0.182. The number of fused-ring (bicyclic) bond motifs is 1. The average Bonchev–Trinajstić information content (AvgIpc) is 2.91. The van der Waals surface area contributed by atoms with E-state index in [1.165, 1.54) is 11.8 Å². The van der Waals surface area contributed by atoms with Gasteiger partial charge >= 0.3 is 0 Å². The van der Waals surface area contributed by atoms with Gasteiger partial charge in [0.2, 0.25) is 5.95 Å². The van der Waals surface area contributed by atoms with E-state index in [2.05, 4.69) is 52.8 Å². The summed E-state index contributed by atoms with van der Waals surface area (Å²) in [5, 5.41) is 2.18. The molecule has 0 unspecified atom stereocenters. The number of nitrogens with two attached hydrogens (primary N) is 1. The molecular weight excluding hydrogens is 374 g/mol. The lowest BCUT2D eigenvalue weighted by atomic mass is 10.5. The van der Waals surface area contributed by atoms with Crippen LogP contribution < -0.4 is 5.73 Å². The Morgan fingerprint density at radius 2 is 2.10 bits per heavy atom. The molecule has 21 heavy (non-hydrogen) atoms. The summed E-state index contributed by atoms with van der Waals surface area (Å²) >= 11 is 6.43. The first-order chi connectivity index (χ1) is 10.2. The summed E-state index contributed by atoms with van der Waals surface area (Å²) in [6.07, 6.45) is 3.30. The normalized spacial score (nSPS) is 11.1. The molecule has 0 saturated carbocycles. The fourth-order valence-electron chi connectivity index (χ4n) is 1.59. The molecule has 108 valence electrons. The van der Waals surface area contributed by atoms with Crippen molar-refractivity contribution in [3.05, 3.63) is 17.0 Å². The second kappa shape index (κ2) is 6.16. The van der Waals surface area contributed by atoms with E-state index in [0.717, 1.165) is 25.9 Å². The molecule has 3 aromatic heterocycles. The van der Waals surface area contributed by atoms with Gasteiger partial charge in [0.25, 0.3) is 0 Å². The number of aromatic nitrogens is 6. The van der Waals surface area contributed by atoms with Crippen LogP contribution in [-0.2, 0) is 0 Å². The van der Waals surface area contributed by atoms with Crippen molar-refractivity contribution in [2.45, 2.75) is 22.1 Å². The average molecular weight is 384 g/mol. The highest BCUT2D eigenvalue weighted by molar-refractivity contribution is 9.10. The maximum atomic E-state index is 5.72. The van der Waals surface area contributed by atoms with Crippen LogP contribution in [0.25, 0.3) is 11.2 Å². The van der Waals surface area contributed by atoms with Crippen molar-refractivity contribution in [2.24, 2.45) is 0 Å². The molecule has 7 nitrogen and oxygen atoms in total. The highest BCUT2D eigenvalue weighted by Gasteiger charge is 2.14. The van der Waals surface area contributed by atoms with Crippen molar-refractivity contribution < 1.29 is 0 Å². The van der Waals surface area contributed by atoms with Gasteiger partial charge in [0.1, 0.15) is 15.6 Å². The molecule has 0 aliphatic carbocycles. The molecule has 0 saturated heterocycles. The van der Waals surface area contributed by atoms with Gasteiger partial charge in [0.05, 0.1) is 10.8 Å². The molecule has 0 spiro atoms.